The normalized spacial score (nSPS) is 11.9. The Balaban J connectivity index is 0.000000101. The molecule has 0 unspecified atom stereocenters. The predicted octanol–water partition coefficient (Wildman–Crippen LogP) is 25.4. The molecule has 0 aliphatic rings. The Morgan fingerprint density at radius 3 is 0.846 bits per heavy atom. The van der Waals surface area contributed by atoms with Crippen LogP contribution in [0.3, 0.4) is 0 Å². The van der Waals surface area contributed by atoms with Gasteiger partial charge in [0.25, 0.3) is 0 Å². The second-order valence-electron chi connectivity index (χ2n) is 30.6. The minimum Gasteiger partial charge on any atom is -0.436 e. The van der Waals surface area contributed by atoms with Gasteiger partial charge in [-0.15, -0.1) is 0 Å². The van der Waals surface area contributed by atoms with E-state index in [1.54, 1.807) is 37.2 Å². The largest absolute Gasteiger partial charge is 0.436 e. The maximum Gasteiger partial charge on any atom is 0.246 e. The van der Waals surface area contributed by atoms with Crippen LogP contribution in [0.15, 0.2) is 397 Å². The van der Waals surface area contributed by atoms with Crippen molar-refractivity contribution in [3.8, 4) is 68.6 Å². The fourth-order valence-corrected chi connectivity index (χ4v) is 18.3. The van der Waals surface area contributed by atoms with E-state index in [9.17, 15) is 0 Å². The van der Waals surface area contributed by atoms with Crippen LogP contribution in [0.2, 0.25) is 0 Å². The van der Waals surface area contributed by atoms with Crippen molar-refractivity contribution in [3.05, 3.63) is 383 Å². The van der Waals surface area contributed by atoms with Gasteiger partial charge in [-0.3, -0.25) is 24.9 Å². The van der Waals surface area contributed by atoms with Gasteiger partial charge in [0, 0.05) is 143 Å². The van der Waals surface area contributed by atoms with E-state index in [1.165, 1.54) is 76.2 Å². The van der Waals surface area contributed by atoms with Gasteiger partial charge in [-0.05, 0) is 182 Å². The SMILES string of the molecule is c1ccc(-n2c3cc4c5ncccc5n(-c5ccc(-c6nc7cnccc7o6)cc5)c4cc3c3ncccc32)cc1.c1ccc(-n2c3ccccc3c3cc4c(cc32)c2ccccc2n4-c2ccc(-c3nc4cnccc4o3)cc2)cc1.c1ccc(-n2c3ccccc3c3cc4c(cc32)c2ccccc2n4-c2ccc(-c3nc4cnccc4o3)nc2)cc1. The van der Waals surface area contributed by atoms with Crippen LogP contribution >= 0.6 is 0 Å². The second-order valence-corrected chi connectivity index (χ2v) is 30.6. The topological polar surface area (TPSA) is 185 Å². The molecule has 18 heteroatoms. The van der Waals surface area contributed by atoms with Gasteiger partial charge in [0.2, 0.25) is 17.7 Å². The van der Waals surface area contributed by atoms with Gasteiger partial charge in [0.1, 0.15) is 22.2 Å². The van der Waals surface area contributed by atoms with E-state index in [0.717, 1.165) is 128 Å². The summed E-state index contributed by atoms with van der Waals surface area (Å²) in [4.78, 5) is 40.7. The van der Waals surface area contributed by atoms with Crippen LogP contribution in [-0.4, -0.2) is 72.3 Å². The van der Waals surface area contributed by atoms with Crippen molar-refractivity contribution < 1.29 is 13.3 Å². The lowest BCUT2D eigenvalue weighted by Crippen LogP contribution is -1.96. The molecule has 576 valence electrons. The molecular weight excluding hydrogens is 1520 g/mol. The molecule has 123 heavy (non-hydrogen) atoms. The molecule has 0 saturated heterocycles. The summed E-state index contributed by atoms with van der Waals surface area (Å²) >= 11 is 0. The molecule has 0 amide bonds. The van der Waals surface area contributed by atoms with Crippen molar-refractivity contribution in [2.45, 2.75) is 0 Å². The number of aromatic nitrogens is 15. The summed E-state index contributed by atoms with van der Waals surface area (Å²) in [5, 5.41) is 11.9. The Morgan fingerprint density at radius 1 is 0.195 bits per heavy atom. The Hall–Kier alpha value is -17.3. The van der Waals surface area contributed by atoms with Crippen molar-refractivity contribution >= 4 is 164 Å². The van der Waals surface area contributed by atoms with E-state index in [2.05, 4.69) is 330 Å². The zero-order valence-electron chi connectivity index (χ0n) is 65.3. The average molecular weight is 1580 g/mol. The minimum atomic E-state index is 0.484. The molecule has 0 fully saturated rings. The van der Waals surface area contributed by atoms with E-state index >= 15 is 0 Å². The van der Waals surface area contributed by atoms with Gasteiger partial charge in [-0.2, -0.15) is 0 Å². The third-order valence-corrected chi connectivity index (χ3v) is 23.7. The summed E-state index contributed by atoms with van der Waals surface area (Å²) in [5.41, 5.74) is 29.0. The van der Waals surface area contributed by atoms with Crippen LogP contribution in [0.5, 0.6) is 0 Å². The van der Waals surface area contributed by atoms with Crippen LogP contribution in [-0.2, 0) is 0 Å². The van der Waals surface area contributed by atoms with Crippen LogP contribution in [0.25, 0.3) is 233 Å². The average Bonchev–Trinajstić information content (AvgIpc) is 1.57. The monoisotopic (exact) mass is 1580 g/mol. The van der Waals surface area contributed by atoms with Crippen LogP contribution in [0, 0.1) is 0 Å². The number of pyridine rings is 6. The number of nitrogens with zero attached hydrogens (tertiary/aromatic N) is 15. The van der Waals surface area contributed by atoms with E-state index in [0.29, 0.717) is 28.9 Å². The van der Waals surface area contributed by atoms with Crippen molar-refractivity contribution in [2.75, 3.05) is 0 Å². The Morgan fingerprint density at radius 2 is 0.488 bits per heavy atom. The molecule has 27 aromatic rings. The van der Waals surface area contributed by atoms with Gasteiger partial charge in [-0.25, -0.2) is 19.9 Å². The number of benzene rings is 12. The zero-order valence-corrected chi connectivity index (χ0v) is 65.3. The van der Waals surface area contributed by atoms with Gasteiger partial charge in [-0.1, -0.05) is 127 Å². The molecule has 0 radical (unpaired) electrons. The maximum absolute atomic E-state index is 5.99. The second kappa shape index (κ2) is 27.7. The van der Waals surface area contributed by atoms with Gasteiger partial charge in [0.15, 0.2) is 16.7 Å². The number of oxazole rings is 3. The molecule has 15 heterocycles. The number of rotatable bonds is 9. The van der Waals surface area contributed by atoms with Crippen molar-refractivity contribution in [2.24, 2.45) is 0 Å². The molecule has 15 aromatic heterocycles. The van der Waals surface area contributed by atoms with Gasteiger partial charge < -0.3 is 40.7 Å². The van der Waals surface area contributed by atoms with E-state index in [-0.39, 0.29) is 0 Å². The number of fused-ring (bicyclic) bond motifs is 21. The number of hydrogen-bond acceptors (Lipinski definition) is 12. The summed E-state index contributed by atoms with van der Waals surface area (Å²) in [6.07, 6.45) is 15.9. The lowest BCUT2D eigenvalue weighted by Gasteiger charge is -2.09. The fourth-order valence-electron chi connectivity index (χ4n) is 18.3. The highest BCUT2D eigenvalue weighted by atomic mass is 16.4. The molecule has 0 spiro atoms. The molecule has 0 atom stereocenters. The Bertz CT molecular complexity index is 7960. The first-order valence-corrected chi connectivity index (χ1v) is 40.6. The molecule has 12 aromatic carbocycles. The molecular formula is C105H63N15O3. The third kappa shape index (κ3) is 11.1. The highest BCUT2D eigenvalue weighted by Gasteiger charge is 2.25. The Kier molecular flexibility index (Phi) is 15.5. The summed E-state index contributed by atoms with van der Waals surface area (Å²) in [5.74, 6) is 1.65. The van der Waals surface area contributed by atoms with Crippen LogP contribution < -0.4 is 0 Å². The van der Waals surface area contributed by atoms with Gasteiger partial charge in [0.05, 0.1) is 108 Å². The van der Waals surface area contributed by atoms with Crippen LogP contribution in [0.1, 0.15) is 0 Å². The third-order valence-electron chi connectivity index (χ3n) is 23.7. The van der Waals surface area contributed by atoms with Crippen molar-refractivity contribution in [3.63, 3.8) is 0 Å². The van der Waals surface area contributed by atoms with E-state index in [1.807, 2.05) is 73.2 Å². The summed E-state index contributed by atoms with van der Waals surface area (Å²) < 4.78 is 31.8. The molecule has 0 bridgehead atoms. The first-order valence-electron chi connectivity index (χ1n) is 40.6. The number of hydrogen-bond donors (Lipinski definition) is 0. The molecule has 0 saturated carbocycles. The quantitative estimate of drug-likeness (QED) is 0.133. The lowest BCUT2D eigenvalue weighted by molar-refractivity contribution is 0.616. The standard InChI is InChI=1S/C36H22N4O.C35H21N5O.C34H20N6O/c1-2-8-24(9-3-1)39-31-12-6-4-10-26(31)28-21-34-29(20-33(28)39)27-11-5-7-13-32(27)40(34)25-16-14-23(15-17-25)36-38-30-22-37-19-18-35(30)41-36;1-2-8-22(9-3-1)39-30-12-6-4-10-24(30)26-19-33-27(18-32(26)39)25-11-5-7-13-31(25)40(33)23-14-15-28(37-20-23)35-38-29-21-36-17-16-34(29)41-35;1-2-6-22(7-3-1)39-27-8-4-15-36-32(27)24-19-30-25(18-29(24)39)33-28(9-5-16-37-33)40(30)23-12-10-21(11-13-23)34-38-26-20-35-17-14-31(26)41-34/h1-22H;1-21H;1-20H. The predicted molar refractivity (Wildman–Crippen MR) is 491 cm³/mol. The van der Waals surface area contributed by atoms with Crippen molar-refractivity contribution in [1.82, 2.24) is 72.3 Å². The van der Waals surface area contributed by atoms with Gasteiger partial charge >= 0.3 is 0 Å². The maximum atomic E-state index is 5.99. The first-order chi connectivity index (χ1) is 61.0. The molecule has 0 N–H and O–H groups in total. The first kappa shape index (κ1) is 68.9. The van der Waals surface area contributed by atoms with E-state index in [4.69, 9.17) is 28.2 Å². The van der Waals surface area contributed by atoms with Crippen LogP contribution in [0.4, 0.5) is 0 Å². The fraction of sp³-hybridized carbons (Fsp3) is 0. The summed E-state index contributed by atoms with van der Waals surface area (Å²) in [6, 6.07) is 115. The Labute approximate surface area is 697 Å². The zero-order chi connectivity index (χ0) is 80.7. The van der Waals surface area contributed by atoms with E-state index < -0.39 is 0 Å². The lowest BCUT2D eigenvalue weighted by atomic mass is 10.1. The van der Waals surface area contributed by atoms with Crippen molar-refractivity contribution in [1.29, 1.82) is 0 Å². The highest BCUT2D eigenvalue weighted by molar-refractivity contribution is 6.22. The molecule has 27 rings (SSSR count). The summed E-state index contributed by atoms with van der Waals surface area (Å²) in [6.45, 7) is 0. The number of para-hydroxylation sites is 7. The molecule has 0 aliphatic heterocycles. The smallest absolute Gasteiger partial charge is 0.246 e. The highest BCUT2D eigenvalue weighted by Crippen LogP contribution is 2.45. The molecule has 18 nitrogen and oxygen atoms in total. The minimum absolute atomic E-state index is 0.484. The summed E-state index contributed by atoms with van der Waals surface area (Å²) in [7, 11) is 0. The molecule has 0 aliphatic carbocycles.